The number of carbonyl (C=O) groups is 2. The molecule has 0 spiro atoms. The Morgan fingerprint density at radius 1 is 1.05 bits per heavy atom. The first-order valence-corrected chi connectivity index (χ1v) is 14.4. The average molecular weight is 527 g/mol. The van der Waals surface area contributed by atoms with Gasteiger partial charge < -0.3 is 14.5 Å². The third kappa shape index (κ3) is 5.81. The predicted molar refractivity (Wildman–Crippen MR) is 138 cm³/mol. The lowest BCUT2D eigenvalue weighted by Crippen LogP contribution is -2.52. The minimum Gasteiger partial charge on any atom is -0.490 e. The number of nitrogens with zero attached hydrogens (tertiary/aromatic N) is 2. The molecule has 2 aromatic rings. The molecule has 1 saturated carbocycles. The summed E-state index contributed by atoms with van der Waals surface area (Å²) >= 11 is 0. The fourth-order valence-electron chi connectivity index (χ4n) is 5.44. The van der Waals surface area contributed by atoms with Gasteiger partial charge in [-0.2, -0.15) is 0 Å². The van der Waals surface area contributed by atoms with Gasteiger partial charge in [0, 0.05) is 12.6 Å². The molecular weight excluding hydrogens is 492 g/mol. The Balaban J connectivity index is 1.37. The number of urea groups is 1. The molecule has 10 heteroatoms. The maximum absolute atomic E-state index is 13.7. The molecule has 0 unspecified atom stereocenters. The highest BCUT2D eigenvalue weighted by molar-refractivity contribution is 7.89. The second-order valence-electron chi connectivity index (χ2n) is 10.4. The summed E-state index contributed by atoms with van der Waals surface area (Å²) in [5.74, 6) is 0.278. The van der Waals surface area contributed by atoms with Crippen molar-refractivity contribution in [2.24, 2.45) is 0 Å². The number of hydrogen-bond donors (Lipinski definition) is 2. The Labute approximate surface area is 218 Å². The van der Waals surface area contributed by atoms with Crippen LogP contribution >= 0.6 is 0 Å². The van der Waals surface area contributed by atoms with Crippen LogP contribution in [-0.4, -0.2) is 62.9 Å². The summed E-state index contributed by atoms with van der Waals surface area (Å²) in [6.07, 6.45) is 5.69. The first-order chi connectivity index (χ1) is 17.7. The predicted octanol–water partition coefficient (Wildman–Crippen LogP) is 2.96. The Kier molecular flexibility index (Phi) is 7.24. The van der Waals surface area contributed by atoms with Crippen LogP contribution in [0.25, 0.3) is 0 Å². The van der Waals surface area contributed by atoms with E-state index in [-0.39, 0.29) is 23.5 Å². The highest BCUT2D eigenvalue weighted by Crippen LogP contribution is 2.35. The van der Waals surface area contributed by atoms with Crippen molar-refractivity contribution in [3.05, 3.63) is 59.7 Å². The zero-order valence-corrected chi connectivity index (χ0v) is 21.9. The van der Waals surface area contributed by atoms with E-state index in [1.54, 1.807) is 18.2 Å². The van der Waals surface area contributed by atoms with Crippen molar-refractivity contribution >= 4 is 22.0 Å². The topological polar surface area (TPSA) is 108 Å². The summed E-state index contributed by atoms with van der Waals surface area (Å²) in [6.45, 7) is 1.86. The molecule has 198 valence electrons. The van der Waals surface area contributed by atoms with Crippen molar-refractivity contribution in [1.82, 2.24) is 19.8 Å². The van der Waals surface area contributed by atoms with E-state index >= 15 is 0 Å². The summed E-state index contributed by atoms with van der Waals surface area (Å²) < 4.78 is 36.4. The molecule has 9 nitrogen and oxygen atoms in total. The SMILES string of the molecule is CN1CCC(NS(=O)(=O)c2cccc(OC3CCCC3)c2)(c2ccc(CN3CC(=O)NC3=O)cc2)CC1. The van der Waals surface area contributed by atoms with Gasteiger partial charge in [-0.05, 0) is 81.9 Å². The fourth-order valence-corrected chi connectivity index (χ4v) is 6.92. The van der Waals surface area contributed by atoms with E-state index < -0.39 is 21.6 Å². The van der Waals surface area contributed by atoms with Crippen molar-refractivity contribution in [2.45, 2.75) is 61.6 Å². The molecular formula is C27H34N4O5S. The van der Waals surface area contributed by atoms with Crippen LogP contribution < -0.4 is 14.8 Å². The molecule has 2 aromatic carbocycles. The van der Waals surface area contributed by atoms with E-state index in [0.717, 1.165) is 49.9 Å². The molecule has 3 fully saturated rings. The zero-order chi connectivity index (χ0) is 26.0. The number of imide groups is 1. The maximum Gasteiger partial charge on any atom is 0.324 e. The molecule has 3 amide bonds. The molecule has 37 heavy (non-hydrogen) atoms. The Hall–Kier alpha value is -2.95. The van der Waals surface area contributed by atoms with Crippen molar-refractivity contribution in [3.63, 3.8) is 0 Å². The Morgan fingerprint density at radius 3 is 2.41 bits per heavy atom. The molecule has 2 N–H and O–H groups in total. The smallest absolute Gasteiger partial charge is 0.324 e. The first kappa shape index (κ1) is 25.7. The number of ether oxygens (including phenoxy) is 1. The number of carbonyl (C=O) groups excluding carboxylic acids is 2. The van der Waals surface area contributed by atoms with E-state index in [4.69, 9.17) is 4.74 Å². The van der Waals surface area contributed by atoms with E-state index in [9.17, 15) is 18.0 Å². The van der Waals surface area contributed by atoms with Crippen molar-refractivity contribution in [3.8, 4) is 5.75 Å². The number of sulfonamides is 1. The van der Waals surface area contributed by atoms with E-state index in [0.29, 0.717) is 25.1 Å². The van der Waals surface area contributed by atoms with E-state index in [2.05, 4.69) is 14.9 Å². The quantitative estimate of drug-likeness (QED) is 0.512. The number of nitrogens with one attached hydrogen (secondary N) is 2. The molecule has 2 aliphatic heterocycles. The van der Waals surface area contributed by atoms with Gasteiger partial charge in [-0.1, -0.05) is 30.3 Å². The number of likely N-dealkylation sites (tertiary alicyclic amines) is 1. The molecule has 5 rings (SSSR count). The molecule has 0 atom stereocenters. The van der Waals surface area contributed by atoms with Gasteiger partial charge in [0.1, 0.15) is 12.3 Å². The zero-order valence-electron chi connectivity index (χ0n) is 21.1. The van der Waals surface area contributed by atoms with E-state index in [1.165, 1.54) is 4.90 Å². The third-order valence-corrected chi connectivity index (χ3v) is 9.17. The normalized spacial score (nSPS) is 20.8. The highest BCUT2D eigenvalue weighted by Gasteiger charge is 2.39. The van der Waals surface area contributed by atoms with Crippen LogP contribution in [0.1, 0.15) is 49.7 Å². The molecule has 0 bridgehead atoms. The lowest BCUT2D eigenvalue weighted by Gasteiger charge is -2.41. The molecule has 1 aliphatic carbocycles. The minimum absolute atomic E-state index is 0.0418. The largest absolute Gasteiger partial charge is 0.490 e. The van der Waals surface area contributed by atoms with Crippen LogP contribution in [0.3, 0.4) is 0 Å². The number of rotatable bonds is 8. The second kappa shape index (κ2) is 10.4. The van der Waals surface area contributed by atoms with Gasteiger partial charge in [-0.15, -0.1) is 0 Å². The molecule has 2 heterocycles. The maximum atomic E-state index is 13.7. The van der Waals surface area contributed by atoms with Crippen molar-refractivity contribution in [1.29, 1.82) is 0 Å². The summed E-state index contributed by atoms with van der Waals surface area (Å²) in [7, 11) is -1.79. The number of hydrogen-bond acceptors (Lipinski definition) is 6. The number of piperidine rings is 1. The number of benzene rings is 2. The van der Waals surface area contributed by atoms with Gasteiger partial charge in [-0.25, -0.2) is 17.9 Å². The van der Waals surface area contributed by atoms with Crippen molar-refractivity contribution in [2.75, 3.05) is 26.7 Å². The van der Waals surface area contributed by atoms with Crippen LogP contribution in [0.5, 0.6) is 5.75 Å². The van der Waals surface area contributed by atoms with Crippen molar-refractivity contribution < 1.29 is 22.7 Å². The second-order valence-corrected chi connectivity index (χ2v) is 12.1. The van der Waals surface area contributed by atoms with Crippen LogP contribution in [0.4, 0.5) is 4.79 Å². The molecule has 0 radical (unpaired) electrons. The van der Waals surface area contributed by atoms with Crippen LogP contribution in [0.15, 0.2) is 53.4 Å². The standard InChI is InChI=1S/C27H34N4O5S/c1-30-15-13-27(14-16-30,21-11-9-20(10-12-21)18-31-19-25(32)28-26(31)33)29-37(34,35)24-8-4-7-23(17-24)36-22-5-2-3-6-22/h4,7-12,17,22,29H,2-3,5-6,13-16,18-19H2,1H3,(H,28,32,33). The van der Waals surface area contributed by atoms with Gasteiger partial charge >= 0.3 is 6.03 Å². The summed E-state index contributed by atoms with van der Waals surface area (Å²) in [4.78, 5) is 27.2. The first-order valence-electron chi connectivity index (χ1n) is 12.9. The highest BCUT2D eigenvalue weighted by atomic mass is 32.2. The summed E-state index contributed by atoms with van der Waals surface area (Å²) in [5.41, 5.74) is 0.997. The minimum atomic E-state index is -3.83. The monoisotopic (exact) mass is 526 g/mol. The molecule has 0 aromatic heterocycles. The molecule has 3 aliphatic rings. The third-order valence-electron chi connectivity index (χ3n) is 7.64. The lowest BCUT2D eigenvalue weighted by molar-refractivity contribution is -0.118. The average Bonchev–Trinajstić information content (AvgIpc) is 3.50. The molecule has 2 saturated heterocycles. The van der Waals surface area contributed by atoms with Crippen LogP contribution in [0, 0.1) is 0 Å². The van der Waals surface area contributed by atoms with Gasteiger partial charge in [-0.3, -0.25) is 10.1 Å². The van der Waals surface area contributed by atoms with E-state index in [1.807, 2.05) is 37.4 Å². The van der Waals surface area contributed by atoms with Gasteiger partial charge in [0.25, 0.3) is 0 Å². The Bertz CT molecular complexity index is 1250. The van der Waals surface area contributed by atoms with Crippen LogP contribution in [0.2, 0.25) is 0 Å². The van der Waals surface area contributed by atoms with Crippen LogP contribution in [-0.2, 0) is 26.9 Å². The van der Waals surface area contributed by atoms with Gasteiger partial charge in [0.2, 0.25) is 15.9 Å². The number of amides is 3. The van der Waals surface area contributed by atoms with Gasteiger partial charge in [0.15, 0.2) is 0 Å². The fraction of sp³-hybridized carbons (Fsp3) is 0.481. The Morgan fingerprint density at radius 2 is 1.76 bits per heavy atom. The summed E-state index contributed by atoms with van der Waals surface area (Å²) in [5, 5.41) is 2.28. The lowest BCUT2D eigenvalue weighted by atomic mass is 9.81. The summed E-state index contributed by atoms with van der Waals surface area (Å²) in [6, 6.07) is 14.0. The van der Waals surface area contributed by atoms with Gasteiger partial charge in [0.05, 0.1) is 16.5 Å².